The lowest BCUT2D eigenvalue weighted by Gasteiger charge is -2.39. The minimum absolute atomic E-state index is 0.0139. The van der Waals surface area contributed by atoms with Gasteiger partial charge in [-0.15, -0.1) is 0 Å². The third kappa shape index (κ3) is 2.18. The van der Waals surface area contributed by atoms with E-state index in [1.165, 1.54) is 0 Å². The molecule has 1 fully saturated rings. The Bertz CT molecular complexity index is 507. The van der Waals surface area contributed by atoms with Crippen molar-refractivity contribution in [2.75, 3.05) is 14.2 Å². The van der Waals surface area contributed by atoms with Crippen LogP contribution >= 0.6 is 0 Å². The number of aryl methyl sites for hydroxylation is 1. The quantitative estimate of drug-likeness (QED) is 0.920. The molecule has 0 bridgehead atoms. The lowest BCUT2D eigenvalue weighted by molar-refractivity contribution is 0.168. The van der Waals surface area contributed by atoms with Gasteiger partial charge in [0.25, 0.3) is 0 Å². The summed E-state index contributed by atoms with van der Waals surface area (Å²) in [5, 5.41) is 10.1. The first-order chi connectivity index (χ1) is 9.25. The van der Waals surface area contributed by atoms with Crippen LogP contribution in [-0.2, 0) is 5.41 Å². The summed E-state index contributed by atoms with van der Waals surface area (Å²) in [6.07, 6.45) is 1.30. The van der Waals surface area contributed by atoms with Gasteiger partial charge in [0.1, 0.15) is 11.5 Å². The predicted molar refractivity (Wildman–Crippen MR) is 80.7 cm³/mol. The number of methoxy groups -OCH3 is 2. The Hall–Kier alpha value is -1.22. The number of hydrogen-bond acceptors (Lipinski definition) is 3. The molecule has 2 unspecified atom stereocenters. The molecule has 3 heteroatoms. The van der Waals surface area contributed by atoms with Gasteiger partial charge in [0.15, 0.2) is 0 Å². The smallest absolute Gasteiger partial charge is 0.123 e. The van der Waals surface area contributed by atoms with Crippen LogP contribution in [0.25, 0.3) is 0 Å². The molecule has 0 radical (unpaired) electrons. The Morgan fingerprint density at radius 3 is 2.10 bits per heavy atom. The van der Waals surface area contributed by atoms with Crippen molar-refractivity contribution in [3.63, 3.8) is 0 Å². The molecule has 0 aromatic heterocycles. The van der Waals surface area contributed by atoms with Crippen LogP contribution < -0.4 is 9.47 Å². The van der Waals surface area contributed by atoms with Gasteiger partial charge in [-0.2, -0.15) is 0 Å². The number of rotatable bonds is 3. The Morgan fingerprint density at radius 1 is 1.05 bits per heavy atom. The highest BCUT2D eigenvalue weighted by atomic mass is 16.5. The summed E-state index contributed by atoms with van der Waals surface area (Å²) >= 11 is 0. The fraction of sp³-hybridized carbons (Fsp3) is 0.647. The second kappa shape index (κ2) is 4.96. The molecule has 2 atom stereocenters. The average molecular weight is 278 g/mol. The van der Waals surface area contributed by atoms with Crippen LogP contribution in [0.1, 0.15) is 44.7 Å². The zero-order chi connectivity index (χ0) is 15.1. The molecular weight excluding hydrogens is 252 g/mol. The van der Waals surface area contributed by atoms with Crippen LogP contribution in [0.4, 0.5) is 0 Å². The maximum Gasteiger partial charge on any atom is 0.123 e. The number of hydrogen-bond donors (Lipinski definition) is 1. The van der Waals surface area contributed by atoms with Crippen molar-refractivity contribution in [1.29, 1.82) is 0 Å². The van der Waals surface area contributed by atoms with Gasteiger partial charge in [-0.1, -0.05) is 20.8 Å². The van der Waals surface area contributed by atoms with E-state index in [0.717, 1.165) is 35.5 Å². The number of aliphatic hydroxyl groups excluding tert-OH is 1. The van der Waals surface area contributed by atoms with Crippen molar-refractivity contribution in [1.82, 2.24) is 0 Å². The lowest BCUT2D eigenvalue weighted by Crippen LogP contribution is -2.34. The van der Waals surface area contributed by atoms with Crippen molar-refractivity contribution < 1.29 is 14.6 Å². The summed E-state index contributed by atoms with van der Waals surface area (Å²) in [4.78, 5) is 0. The summed E-state index contributed by atoms with van der Waals surface area (Å²) in [7, 11) is 3.39. The molecule has 20 heavy (non-hydrogen) atoms. The summed E-state index contributed by atoms with van der Waals surface area (Å²) in [5.41, 5.74) is 2.08. The van der Waals surface area contributed by atoms with E-state index in [4.69, 9.17) is 9.47 Å². The third-order valence-electron chi connectivity index (χ3n) is 5.19. The van der Waals surface area contributed by atoms with E-state index in [1.807, 2.05) is 13.0 Å². The molecule has 1 aliphatic rings. The molecule has 1 aliphatic carbocycles. The van der Waals surface area contributed by atoms with E-state index < -0.39 is 0 Å². The molecule has 0 saturated heterocycles. The second-order valence-corrected chi connectivity index (χ2v) is 6.80. The van der Waals surface area contributed by atoms with E-state index in [2.05, 4.69) is 26.8 Å². The van der Waals surface area contributed by atoms with Gasteiger partial charge in [0.2, 0.25) is 0 Å². The second-order valence-electron chi connectivity index (χ2n) is 6.80. The van der Waals surface area contributed by atoms with E-state index in [1.54, 1.807) is 14.2 Å². The molecule has 3 nitrogen and oxygen atoms in total. The maximum absolute atomic E-state index is 10.1. The molecule has 2 rings (SSSR count). The number of benzene rings is 1. The van der Waals surface area contributed by atoms with Crippen molar-refractivity contribution in [3.8, 4) is 11.5 Å². The van der Waals surface area contributed by atoms with Gasteiger partial charge in [0, 0.05) is 11.0 Å². The Kier molecular flexibility index (Phi) is 3.76. The predicted octanol–water partition coefficient (Wildman–Crippen LogP) is 3.45. The SMILES string of the molecule is COc1cc(C2(C)CC(O)CC2(C)C)c(OC)cc1C. The summed E-state index contributed by atoms with van der Waals surface area (Å²) < 4.78 is 11.1. The Balaban J connectivity index is 2.61. The molecule has 0 aliphatic heterocycles. The minimum atomic E-state index is -0.257. The van der Waals surface area contributed by atoms with Crippen LogP contribution in [0.15, 0.2) is 12.1 Å². The first kappa shape index (κ1) is 15.2. The van der Waals surface area contributed by atoms with Gasteiger partial charge in [0.05, 0.1) is 20.3 Å². The molecule has 1 saturated carbocycles. The molecule has 1 N–H and O–H groups in total. The standard InChI is InChI=1S/C17H26O3/c1-11-7-15(20-6)13(8-14(11)19-5)17(4)10-12(18)9-16(17,2)3/h7-8,12,18H,9-10H2,1-6H3. The van der Waals surface area contributed by atoms with Crippen LogP contribution in [0.3, 0.4) is 0 Å². The normalized spacial score (nSPS) is 28.4. The molecule has 0 heterocycles. The van der Waals surface area contributed by atoms with Crippen molar-refractivity contribution in [2.24, 2.45) is 5.41 Å². The van der Waals surface area contributed by atoms with Crippen LogP contribution in [0, 0.1) is 12.3 Å². The van der Waals surface area contributed by atoms with Crippen LogP contribution in [0.2, 0.25) is 0 Å². The molecular formula is C17H26O3. The fourth-order valence-electron chi connectivity index (χ4n) is 3.59. The highest BCUT2D eigenvalue weighted by Gasteiger charge is 2.51. The largest absolute Gasteiger partial charge is 0.496 e. The zero-order valence-corrected chi connectivity index (χ0v) is 13.4. The van der Waals surface area contributed by atoms with Crippen molar-refractivity contribution >= 4 is 0 Å². The summed E-state index contributed by atoms with van der Waals surface area (Å²) in [6, 6.07) is 4.11. The number of ether oxygens (including phenoxy) is 2. The monoisotopic (exact) mass is 278 g/mol. The summed E-state index contributed by atoms with van der Waals surface area (Å²) in [6.45, 7) is 8.67. The van der Waals surface area contributed by atoms with E-state index >= 15 is 0 Å². The third-order valence-corrected chi connectivity index (χ3v) is 5.19. The number of aliphatic hydroxyl groups is 1. The minimum Gasteiger partial charge on any atom is -0.496 e. The molecule has 0 amide bonds. The van der Waals surface area contributed by atoms with E-state index in [9.17, 15) is 5.11 Å². The van der Waals surface area contributed by atoms with Gasteiger partial charge in [-0.05, 0) is 42.9 Å². The van der Waals surface area contributed by atoms with Gasteiger partial charge >= 0.3 is 0 Å². The highest BCUT2D eigenvalue weighted by Crippen LogP contribution is 2.56. The first-order valence-electron chi connectivity index (χ1n) is 7.16. The van der Waals surface area contributed by atoms with Gasteiger partial charge < -0.3 is 14.6 Å². The Morgan fingerprint density at radius 2 is 1.65 bits per heavy atom. The Labute approximate surface area is 121 Å². The van der Waals surface area contributed by atoms with Gasteiger partial charge in [-0.3, -0.25) is 0 Å². The molecule has 0 spiro atoms. The summed E-state index contributed by atoms with van der Waals surface area (Å²) in [5.74, 6) is 1.76. The first-order valence-corrected chi connectivity index (χ1v) is 7.16. The molecule has 112 valence electrons. The molecule has 1 aromatic carbocycles. The van der Waals surface area contributed by atoms with Crippen molar-refractivity contribution in [3.05, 3.63) is 23.3 Å². The highest BCUT2D eigenvalue weighted by molar-refractivity contribution is 5.50. The maximum atomic E-state index is 10.1. The topological polar surface area (TPSA) is 38.7 Å². The van der Waals surface area contributed by atoms with Crippen LogP contribution in [0.5, 0.6) is 11.5 Å². The van der Waals surface area contributed by atoms with Crippen molar-refractivity contribution in [2.45, 2.75) is 52.1 Å². The van der Waals surface area contributed by atoms with E-state index in [-0.39, 0.29) is 16.9 Å². The fourth-order valence-corrected chi connectivity index (χ4v) is 3.59. The average Bonchev–Trinajstić information content (AvgIpc) is 2.57. The van der Waals surface area contributed by atoms with E-state index in [0.29, 0.717) is 0 Å². The molecule has 1 aromatic rings. The zero-order valence-electron chi connectivity index (χ0n) is 13.4. The van der Waals surface area contributed by atoms with Gasteiger partial charge in [-0.25, -0.2) is 0 Å². The lowest BCUT2D eigenvalue weighted by atomic mass is 9.65. The van der Waals surface area contributed by atoms with Crippen LogP contribution in [-0.4, -0.2) is 25.4 Å².